The Morgan fingerprint density at radius 3 is 2.43 bits per heavy atom. The molecule has 2 aromatic rings. The molecule has 4 nitrogen and oxygen atoms in total. The van der Waals surface area contributed by atoms with Crippen LogP contribution in [0.3, 0.4) is 0 Å². The number of halogens is 1. The van der Waals surface area contributed by atoms with Crippen LogP contribution in [0.2, 0.25) is 0 Å². The van der Waals surface area contributed by atoms with E-state index < -0.39 is 4.32 Å². The van der Waals surface area contributed by atoms with Gasteiger partial charge in [-0.2, -0.15) is 0 Å². The van der Waals surface area contributed by atoms with Gasteiger partial charge in [-0.15, -0.1) is 0 Å². The summed E-state index contributed by atoms with van der Waals surface area (Å²) in [5.41, 5.74) is 3.59. The molecule has 0 saturated heterocycles. The highest BCUT2D eigenvalue weighted by atomic mass is 79.9. The van der Waals surface area contributed by atoms with Gasteiger partial charge in [0.15, 0.2) is 0 Å². The Hall–Kier alpha value is -1.75. The second-order valence-electron chi connectivity index (χ2n) is 5.32. The summed E-state index contributed by atoms with van der Waals surface area (Å²) in [6.07, 6.45) is 3.45. The maximum absolute atomic E-state index is 11.7. The van der Waals surface area contributed by atoms with E-state index in [4.69, 9.17) is 4.74 Å². The van der Waals surface area contributed by atoms with Crippen LogP contribution >= 0.6 is 15.9 Å². The largest absolute Gasteiger partial charge is 0.460 e. The smallest absolute Gasteiger partial charge is 0.322 e. The summed E-state index contributed by atoms with van der Waals surface area (Å²) in [5.74, 6) is -0.297. The van der Waals surface area contributed by atoms with E-state index in [9.17, 15) is 4.79 Å². The van der Waals surface area contributed by atoms with Crippen molar-refractivity contribution in [3.8, 4) is 11.4 Å². The summed E-state index contributed by atoms with van der Waals surface area (Å²) in [7, 11) is 0. The van der Waals surface area contributed by atoms with Gasteiger partial charge in [0.25, 0.3) is 0 Å². The number of pyridine rings is 2. The highest BCUT2D eigenvalue weighted by Crippen LogP contribution is 2.20. The van der Waals surface area contributed by atoms with Crippen LogP contribution in [0.15, 0.2) is 36.7 Å². The number of esters is 1. The maximum Gasteiger partial charge on any atom is 0.322 e. The lowest BCUT2D eigenvalue weighted by atomic mass is 10.1. The van der Waals surface area contributed by atoms with Gasteiger partial charge < -0.3 is 4.74 Å². The normalized spacial score (nSPS) is 11.2. The zero-order chi connectivity index (χ0) is 15.5. The molecule has 0 amide bonds. The van der Waals surface area contributed by atoms with E-state index in [1.807, 2.05) is 31.2 Å². The summed E-state index contributed by atoms with van der Waals surface area (Å²) in [6.45, 7) is 5.73. The second-order valence-corrected chi connectivity index (χ2v) is 7.30. The lowest BCUT2D eigenvalue weighted by Crippen LogP contribution is -2.26. The molecule has 110 valence electrons. The first-order valence-electron chi connectivity index (χ1n) is 6.60. The number of aryl methyl sites for hydroxylation is 1. The van der Waals surface area contributed by atoms with Crippen molar-refractivity contribution in [2.24, 2.45) is 0 Å². The Labute approximate surface area is 132 Å². The molecule has 21 heavy (non-hydrogen) atoms. The predicted molar refractivity (Wildman–Crippen MR) is 85.0 cm³/mol. The zero-order valence-corrected chi connectivity index (χ0v) is 13.8. The minimum Gasteiger partial charge on any atom is -0.460 e. The molecule has 0 atom stereocenters. The fraction of sp³-hybridized carbons (Fsp3) is 0.312. The van der Waals surface area contributed by atoms with Crippen LogP contribution in [-0.2, 0) is 16.1 Å². The van der Waals surface area contributed by atoms with Crippen LogP contribution in [0, 0.1) is 6.92 Å². The van der Waals surface area contributed by atoms with Gasteiger partial charge in [-0.3, -0.25) is 14.8 Å². The average Bonchev–Trinajstić information content (AvgIpc) is 2.44. The van der Waals surface area contributed by atoms with Crippen molar-refractivity contribution in [1.29, 1.82) is 0 Å². The van der Waals surface area contributed by atoms with Crippen molar-refractivity contribution < 1.29 is 9.53 Å². The molecule has 0 unspecified atom stereocenters. The summed E-state index contributed by atoms with van der Waals surface area (Å²) >= 11 is 3.28. The molecule has 2 aromatic heterocycles. The molecule has 0 aliphatic heterocycles. The topological polar surface area (TPSA) is 52.1 Å². The summed E-state index contributed by atoms with van der Waals surface area (Å²) in [5, 5.41) is 0. The third kappa shape index (κ3) is 4.36. The van der Waals surface area contributed by atoms with E-state index in [0.29, 0.717) is 0 Å². The molecule has 2 heterocycles. The van der Waals surface area contributed by atoms with Crippen molar-refractivity contribution in [2.75, 3.05) is 0 Å². The summed E-state index contributed by atoms with van der Waals surface area (Å²) in [6, 6.07) is 7.62. The number of alkyl halides is 1. The van der Waals surface area contributed by atoms with Gasteiger partial charge in [-0.25, -0.2) is 0 Å². The first-order chi connectivity index (χ1) is 9.86. The minimum atomic E-state index is -0.680. The molecule has 2 rings (SSSR count). The number of rotatable bonds is 4. The van der Waals surface area contributed by atoms with Crippen LogP contribution in [0.25, 0.3) is 11.4 Å². The monoisotopic (exact) mass is 348 g/mol. The molecule has 0 radical (unpaired) electrons. The molecule has 0 aliphatic rings. The van der Waals surface area contributed by atoms with Crippen molar-refractivity contribution in [3.63, 3.8) is 0 Å². The van der Waals surface area contributed by atoms with E-state index in [1.54, 1.807) is 26.2 Å². The number of nitrogens with zero attached hydrogens (tertiary/aromatic N) is 2. The van der Waals surface area contributed by atoms with Gasteiger partial charge in [0.05, 0.1) is 11.4 Å². The number of hydrogen-bond acceptors (Lipinski definition) is 4. The first-order valence-corrected chi connectivity index (χ1v) is 7.39. The molecule has 0 aliphatic carbocycles. The number of aromatic nitrogens is 2. The predicted octanol–water partition coefficient (Wildman–Crippen LogP) is 3.67. The van der Waals surface area contributed by atoms with E-state index >= 15 is 0 Å². The molecule has 5 heteroatoms. The Morgan fingerprint density at radius 1 is 1.19 bits per heavy atom. The third-order valence-corrected chi connectivity index (χ3v) is 3.18. The van der Waals surface area contributed by atoms with Gasteiger partial charge >= 0.3 is 5.97 Å². The number of carbonyl (C=O) groups excluding carboxylic acids is 1. The second kappa shape index (κ2) is 6.35. The molecule has 0 aromatic carbocycles. The molecular formula is C16H17BrN2O2. The number of carbonyl (C=O) groups is 1. The Morgan fingerprint density at radius 2 is 1.81 bits per heavy atom. The highest BCUT2D eigenvalue weighted by Gasteiger charge is 2.25. The van der Waals surface area contributed by atoms with Crippen LogP contribution in [0.5, 0.6) is 0 Å². The highest BCUT2D eigenvalue weighted by molar-refractivity contribution is 9.10. The van der Waals surface area contributed by atoms with Gasteiger partial charge in [-0.1, -0.05) is 15.9 Å². The molecular weight excluding hydrogens is 332 g/mol. The molecule has 0 saturated carbocycles. The molecule has 0 bridgehead atoms. The van der Waals surface area contributed by atoms with Crippen molar-refractivity contribution >= 4 is 21.9 Å². The van der Waals surface area contributed by atoms with E-state index in [1.165, 1.54) is 0 Å². The van der Waals surface area contributed by atoms with Crippen LogP contribution in [0.1, 0.15) is 25.0 Å². The van der Waals surface area contributed by atoms with E-state index in [2.05, 4.69) is 25.9 Å². The number of ether oxygens (including phenoxy) is 1. The van der Waals surface area contributed by atoms with Crippen molar-refractivity contribution in [1.82, 2.24) is 9.97 Å². The molecule has 0 N–H and O–H groups in total. The van der Waals surface area contributed by atoms with E-state index in [-0.39, 0.29) is 12.6 Å². The van der Waals surface area contributed by atoms with Gasteiger partial charge in [0.2, 0.25) is 0 Å². The third-order valence-electron chi connectivity index (χ3n) is 2.86. The van der Waals surface area contributed by atoms with Gasteiger partial charge in [-0.05, 0) is 56.2 Å². The van der Waals surface area contributed by atoms with Gasteiger partial charge in [0.1, 0.15) is 10.9 Å². The van der Waals surface area contributed by atoms with Crippen LogP contribution in [-0.4, -0.2) is 20.3 Å². The number of hydrogen-bond donors (Lipinski definition) is 0. The van der Waals surface area contributed by atoms with Crippen molar-refractivity contribution in [2.45, 2.75) is 31.7 Å². The lowest BCUT2D eigenvalue weighted by Gasteiger charge is -2.14. The fourth-order valence-electron chi connectivity index (χ4n) is 1.70. The molecule has 0 fully saturated rings. The summed E-state index contributed by atoms with van der Waals surface area (Å²) in [4.78, 5) is 20.4. The fourth-order valence-corrected chi connectivity index (χ4v) is 1.82. The van der Waals surface area contributed by atoms with E-state index in [0.717, 1.165) is 22.5 Å². The standard InChI is InChI=1S/C16H17BrN2O2/c1-11-4-6-18-13(8-11)14-9-12(5-7-19-14)10-21-15(20)16(2,3)17/h4-9H,10H2,1-3H3. The Bertz CT molecular complexity index is 651. The maximum atomic E-state index is 11.7. The van der Waals surface area contributed by atoms with Crippen molar-refractivity contribution in [3.05, 3.63) is 47.8 Å². The lowest BCUT2D eigenvalue weighted by molar-refractivity contribution is -0.146. The first kappa shape index (κ1) is 15.6. The minimum absolute atomic E-state index is 0.217. The zero-order valence-electron chi connectivity index (χ0n) is 12.3. The van der Waals surface area contributed by atoms with Crippen LogP contribution in [0.4, 0.5) is 0 Å². The summed E-state index contributed by atoms with van der Waals surface area (Å²) < 4.78 is 4.59. The van der Waals surface area contributed by atoms with Gasteiger partial charge in [0, 0.05) is 12.4 Å². The Kier molecular flexibility index (Phi) is 4.73. The Balaban J connectivity index is 2.13. The quantitative estimate of drug-likeness (QED) is 0.624. The molecule has 0 spiro atoms. The van der Waals surface area contributed by atoms with Crippen LogP contribution < -0.4 is 0 Å². The SMILES string of the molecule is Cc1ccnc(-c2cc(COC(=O)C(C)(C)Br)ccn2)c1. The average molecular weight is 349 g/mol.